The van der Waals surface area contributed by atoms with E-state index in [1.165, 1.54) is 6.42 Å². The van der Waals surface area contributed by atoms with E-state index in [0.717, 1.165) is 6.54 Å². The molecule has 1 heteroatoms. The lowest BCUT2D eigenvalue weighted by Crippen LogP contribution is -2.35. The lowest BCUT2D eigenvalue weighted by atomic mass is 9.73. The van der Waals surface area contributed by atoms with Crippen LogP contribution in [0.5, 0.6) is 0 Å². The van der Waals surface area contributed by atoms with Gasteiger partial charge in [-0.2, -0.15) is 0 Å². The van der Waals surface area contributed by atoms with E-state index in [4.69, 9.17) is 0 Å². The van der Waals surface area contributed by atoms with Crippen molar-refractivity contribution in [1.29, 1.82) is 0 Å². The van der Waals surface area contributed by atoms with Crippen LogP contribution in [0.2, 0.25) is 0 Å². The Morgan fingerprint density at radius 2 is 1.67 bits per heavy atom. The minimum atomic E-state index is 0.430. The van der Waals surface area contributed by atoms with Crippen LogP contribution in [0, 0.1) is 16.2 Å². The molecule has 1 aliphatic rings. The second kappa shape index (κ2) is 2.47. The van der Waals surface area contributed by atoms with Crippen molar-refractivity contribution in [2.75, 3.05) is 13.6 Å². The van der Waals surface area contributed by atoms with E-state index in [9.17, 15) is 0 Å². The van der Waals surface area contributed by atoms with E-state index in [0.29, 0.717) is 16.2 Å². The van der Waals surface area contributed by atoms with Crippen molar-refractivity contribution in [2.45, 2.75) is 41.0 Å². The quantitative estimate of drug-likeness (QED) is 0.670. The summed E-state index contributed by atoms with van der Waals surface area (Å²) in [4.78, 5) is 0. The maximum Gasteiger partial charge on any atom is 0.00152 e. The molecule has 0 bridgehead atoms. The smallest absolute Gasteiger partial charge is 0.00152 e. The van der Waals surface area contributed by atoms with E-state index < -0.39 is 0 Å². The van der Waals surface area contributed by atoms with E-state index >= 15 is 0 Å². The van der Waals surface area contributed by atoms with Crippen molar-refractivity contribution < 1.29 is 0 Å². The Bertz CT molecular complexity index is 176. The van der Waals surface area contributed by atoms with E-state index in [2.05, 4.69) is 47.0 Å². The van der Waals surface area contributed by atoms with Crippen molar-refractivity contribution >= 4 is 0 Å². The molecule has 0 aliphatic heterocycles. The molecule has 0 amide bonds. The van der Waals surface area contributed by atoms with Crippen LogP contribution < -0.4 is 5.32 Å². The van der Waals surface area contributed by atoms with Gasteiger partial charge >= 0.3 is 0 Å². The van der Waals surface area contributed by atoms with Crippen molar-refractivity contribution in [3.8, 4) is 0 Å². The highest BCUT2D eigenvalue weighted by Gasteiger charge is 2.65. The predicted octanol–water partition coefficient (Wildman–Crippen LogP) is 2.67. The maximum absolute atomic E-state index is 3.33. The molecule has 1 rings (SSSR count). The Labute approximate surface area is 76.9 Å². The number of nitrogens with one attached hydrogen (secondary N) is 1. The molecule has 0 aromatic rings. The van der Waals surface area contributed by atoms with Gasteiger partial charge in [0.15, 0.2) is 0 Å². The Morgan fingerprint density at radius 3 is 1.75 bits per heavy atom. The van der Waals surface area contributed by atoms with Crippen LogP contribution in [0.3, 0.4) is 0 Å². The van der Waals surface area contributed by atoms with Crippen molar-refractivity contribution in [1.82, 2.24) is 5.32 Å². The van der Waals surface area contributed by atoms with Gasteiger partial charge in [0.1, 0.15) is 0 Å². The third-order valence-corrected chi connectivity index (χ3v) is 3.83. The zero-order chi connectivity index (χ0) is 9.62. The first-order chi connectivity index (χ1) is 5.27. The molecule has 1 saturated carbocycles. The third kappa shape index (κ3) is 1.19. The van der Waals surface area contributed by atoms with Crippen LogP contribution in [-0.4, -0.2) is 13.6 Å². The summed E-state index contributed by atoms with van der Waals surface area (Å²) >= 11 is 0. The molecule has 1 aliphatic carbocycles. The number of rotatable bonds is 2. The lowest BCUT2D eigenvalue weighted by Gasteiger charge is -2.34. The molecule has 0 saturated heterocycles. The van der Waals surface area contributed by atoms with Gasteiger partial charge in [-0.05, 0) is 29.7 Å². The highest BCUT2D eigenvalue weighted by Crippen LogP contribution is 2.71. The standard InChI is InChI=1S/C11H23N/c1-9(2,3)11(8-12-6)7-10(11,4)5/h12H,7-8H2,1-6H3. The molecule has 0 heterocycles. The van der Waals surface area contributed by atoms with Crippen LogP contribution in [0.1, 0.15) is 41.0 Å². The fraction of sp³-hybridized carbons (Fsp3) is 1.00. The number of hydrogen-bond donors (Lipinski definition) is 1. The van der Waals surface area contributed by atoms with Gasteiger partial charge in [0.2, 0.25) is 0 Å². The molecule has 0 radical (unpaired) electrons. The Kier molecular flexibility index (Phi) is 2.07. The van der Waals surface area contributed by atoms with Gasteiger partial charge in [0.05, 0.1) is 0 Å². The van der Waals surface area contributed by atoms with E-state index in [1.807, 2.05) is 0 Å². The van der Waals surface area contributed by atoms with Gasteiger partial charge in [-0.1, -0.05) is 34.6 Å². The van der Waals surface area contributed by atoms with Crippen molar-refractivity contribution in [3.05, 3.63) is 0 Å². The lowest BCUT2D eigenvalue weighted by molar-refractivity contribution is 0.162. The minimum absolute atomic E-state index is 0.430. The summed E-state index contributed by atoms with van der Waals surface area (Å²) in [5.41, 5.74) is 1.49. The fourth-order valence-electron chi connectivity index (χ4n) is 2.86. The first-order valence-corrected chi connectivity index (χ1v) is 4.91. The molecule has 72 valence electrons. The Balaban J connectivity index is 2.80. The zero-order valence-corrected chi connectivity index (χ0v) is 9.41. The third-order valence-electron chi connectivity index (χ3n) is 3.83. The molecule has 0 aromatic carbocycles. The van der Waals surface area contributed by atoms with Gasteiger partial charge in [-0.25, -0.2) is 0 Å². The average Bonchev–Trinajstić information content (AvgIpc) is 2.34. The topological polar surface area (TPSA) is 12.0 Å². The summed E-state index contributed by atoms with van der Waals surface area (Å²) in [6.45, 7) is 13.0. The van der Waals surface area contributed by atoms with E-state index in [1.54, 1.807) is 0 Å². The molecule has 1 atom stereocenters. The maximum atomic E-state index is 3.33. The van der Waals surface area contributed by atoms with Crippen LogP contribution >= 0.6 is 0 Å². The van der Waals surface area contributed by atoms with Crippen LogP contribution in [-0.2, 0) is 0 Å². The average molecular weight is 169 g/mol. The van der Waals surface area contributed by atoms with Crippen LogP contribution in [0.4, 0.5) is 0 Å². The molecule has 1 unspecified atom stereocenters. The van der Waals surface area contributed by atoms with Gasteiger partial charge in [0, 0.05) is 6.54 Å². The first kappa shape index (κ1) is 10.0. The molecule has 0 aromatic heterocycles. The molecule has 1 N–H and O–H groups in total. The SMILES string of the molecule is CNCC1(C(C)(C)C)CC1(C)C. The van der Waals surface area contributed by atoms with Crippen molar-refractivity contribution in [3.63, 3.8) is 0 Å². The highest BCUT2D eigenvalue weighted by atomic mass is 14.9. The number of hydrogen-bond acceptors (Lipinski definition) is 1. The second-order valence-corrected chi connectivity index (χ2v) is 5.92. The Hall–Kier alpha value is -0.0400. The van der Waals surface area contributed by atoms with Gasteiger partial charge < -0.3 is 5.32 Å². The van der Waals surface area contributed by atoms with Crippen LogP contribution in [0.25, 0.3) is 0 Å². The Morgan fingerprint density at radius 1 is 1.25 bits per heavy atom. The van der Waals surface area contributed by atoms with Gasteiger partial charge in [-0.15, -0.1) is 0 Å². The largest absolute Gasteiger partial charge is 0.319 e. The second-order valence-electron chi connectivity index (χ2n) is 5.92. The molecule has 1 nitrogen and oxygen atoms in total. The highest BCUT2D eigenvalue weighted by molar-refractivity contribution is 5.15. The molecular formula is C11H23N. The van der Waals surface area contributed by atoms with Crippen molar-refractivity contribution in [2.24, 2.45) is 16.2 Å². The van der Waals surface area contributed by atoms with E-state index in [-0.39, 0.29) is 0 Å². The summed E-state index contributed by atoms with van der Waals surface area (Å²) in [5, 5.41) is 3.33. The molecule has 1 fully saturated rings. The predicted molar refractivity (Wildman–Crippen MR) is 54.2 cm³/mol. The summed E-state index contributed by atoms with van der Waals surface area (Å²) in [5.74, 6) is 0. The zero-order valence-electron chi connectivity index (χ0n) is 9.41. The van der Waals surface area contributed by atoms with Crippen LogP contribution in [0.15, 0.2) is 0 Å². The molecular weight excluding hydrogens is 146 g/mol. The fourth-order valence-corrected chi connectivity index (χ4v) is 2.86. The monoisotopic (exact) mass is 169 g/mol. The summed E-state index contributed by atoms with van der Waals surface area (Å²) < 4.78 is 0. The minimum Gasteiger partial charge on any atom is -0.319 e. The first-order valence-electron chi connectivity index (χ1n) is 4.91. The van der Waals surface area contributed by atoms with Gasteiger partial charge in [0.25, 0.3) is 0 Å². The summed E-state index contributed by atoms with van der Waals surface area (Å²) in [7, 11) is 2.06. The molecule has 0 spiro atoms. The molecule has 12 heavy (non-hydrogen) atoms. The van der Waals surface area contributed by atoms with Gasteiger partial charge in [-0.3, -0.25) is 0 Å². The summed E-state index contributed by atoms with van der Waals surface area (Å²) in [6.07, 6.45) is 1.37. The summed E-state index contributed by atoms with van der Waals surface area (Å²) in [6, 6.07) is 0. The normalized spacial score (nSPS) is 33.5.